The Hall–Kier alpha value is -0.480. The number of thioether (sulfide) groups is 1. The van der Waals surface area contributed by atoms with E-state index >= 15 is 0 Å². The fourth-order valence-corrected chi connectivity index (χ4v) is 4.28. The molecule has 1 aliphatic heterocycles. The molecule has 1 aromatic rings. The minimum Gasteiger partial charge on any atom is -0.309 e. The van der Waals surface area contributed by atoms with E-state index in [0.29, 0.717) is 6.04 Å². The highest BCUT2D eigenvalue weighted by Crippen LogP contribution is 2.26. The van der Waals surface area contributed by atoms with Gasteiger partial charge in [0.25, 0.3) is 0 Å². The average Bonchev–Trinajstić information content (AvgIpc) is 2.72. The molecular weight excluding hydrogens is 254 g/mol. The van der Waals surface area contributed by atoms with E-state index in [1.54, 1.807) is 0 Å². The first-order chi connectivity index (χ1) is 9.13. The Morgan fingerprint density at radius 2 is 2.21 bits per heavy atom. The summed E-state index contributed by atoms with van der Waals surface area (Å²) in [5, 5.41) is 9.13. The fourth-order valence-electron chi connectivity index (χ4n) is 3.02. The summed E-state index contributed by atoms with van der Waals surface area (Å²) in [6.45, 7) is 10.8. The minimum absolute atomic E-state index is 0.405. The maximum Gasteiger partial charge on any atom is 0.0644 e. The highest BCUT2D eigenvalue weighted by atomic mass is 32.2. The Morgan fingerprint density at radius 3 is 2.79 bits per heavy atom. The zero-order valence-corrected chi connectivity index (χ0v) is 13.5. The summed E-state index contributed by atoms with van der Waals surface area (Å²) in [6.07, 6.45) is 4.17. The predicted octanol–water partition coefficient (Wildman–Crippen LogP) is 3.46. The average molecular weight is 281 g/mol. The molecule has 2 unspecified atom stereocenters. The molecule has 1 aromatic heterocycles. The number of rotatable bonds is 5. The molecular formula is C15H27N3S. The predicted molar refractivity (Wildman–Crippen MR) is 83.9 cm³/mol. The molecule has 0 bridgehead atoms. The second-order valence-corrected chi connectivity index (χ2v) is 6.93. The van der Waals surface area contributed by atoms with Crippen molar-refractivity contribution in [1.82, 2.24) is 15.1 Å². The smallest absolute Gasteiger partial charge is 0.0644 e. The molecule has 2 heterocycles. The second kappa shape index (κ2) is 6.80. The van der Waals surface area contributed by atoms with Crippen molar-refractivity contribution < 1.29 is 0 Å². The van der Waals surface area contributed by atoms with E-state index in [2.05, 4.69) is 54.6 Å². The number of hydrogen-bond donors (Lipinski definition) is 1. The molecule has 2 atom stereocenters. The summed E-state index contributed by atoms with van der Waals surface area (Å²) in [7, 11) is 0. The summed E-state index contributed by atoms with van der Waals surface area (Å²) in [6, 6.07) is 0.405. The molecule has 0 aliphatic carbocycles. The summed E-state index contributed by atoms with van der Waals surface area (Å²) < 4.78 is 2.11. The maximum atomic E-state index is 4.62. The van der Waals surface area contributed by atoms with Crippen molar-refractivity contribution in [2.75, 3.05) is 12.3 Å². The molecule has 3 nitrogen and oxygen atoms in total. The SMILES string of the molecule is CCn1nc(C)c(C(C)NCC2CCCCS2)c1C. The lowest BCUT2D eigenvalue weighted by Gasteiger charge is -2.24. The van der Waals surface area contributed by atoms with Crippen molar-refractivity contribution in [3.8, 4) is 0 Å². The molecule has 1 N–H and O–H groups in total. The molecule has 2 rings (SSSR count). The molecule has 0 amide bonds. The van der Waals surface area contributed by atoms with Gasteiger partial charge in [-0.2, -0.15) is 16.9 Å². The normalized spacial score (nSPS) is 21.6. The van der Waals surface area contributed by atoms with Gasteiger partial charge >= 0.3 is 0 Å². The van der Waals surface area contributed by atoms with E-state index in [-0.39, 0.29) is 0 Å². The third kappa shape index (κ3) is 3.54. The van der Waals surface area contributed by atoms with Gasteiger partial charge in [-0.1, -0.05) is 6.42 Å². The highest BCUT2D eigenvalue weighted by Gasteiger charge is 2.19. The van der Waals surface area contributed by atoms with Crippen LogP contribution >= 0.6 is 11.8 Å². The lowest BCUT2D eigenvalue weighted by atomic mass is 10.1. The Bertz CT molecular complexity index is 408. The van der Waals surface area contributed by atoms with Crippen LogP contribution in [0.1, 0.15) is 56.1 Å². The van der Waals surface area contributed by atoms with Crippen LogP contribution < -0.4 is 5.32 Å². The van der Waals surface area contributed by atoms with Crippen LogP contribution in [0, 0.1) is 13.8 Å². The monoisotopic (exact) mass is 281 g/mol. The van der Waals surface area contributed by atoms with Crippen molar-refractivity contribution in [1.29, 1.82) is 0 Å². The van der Waals surface area contributed by atoms with Gasteiger partial charge in [0.15, 0.2) is 0 Å². The van der Waals surface area contributed by atoms with Gasteiger partial charge in [-0.05, 0) is 46.3 Å². The van der Waals surface area contributed by atoms with Crippen molar-refractivity contribution in [3.05, 3.63) is 17.0 Å². The van der Waals surface area contributed by atoms with Gasteiger partial charge in [0, 0.05) is 35.6 Å². The van der Waals surface area contributed by atoms with Crippen LogP contribution in [0.3, 0.4) is 0 Å². The van der Waals surface area contributed by atoms with Gasteiger partial charge in [-0.25, -0.2) is 0 Å². The zero-order valence-electron chi connectivity index (χ0n) is 12.7. The first kappa shape index (κ1) is 14.9. The molecule has 1 saturated heterocycles. The second-order valence-electron chi connectivity index (χ2n) is 5.52. The Balaban J connectivity index is 1.95. The van der Waals surface area contributed by atoms with Crippen molar-refractivity contribution in [2.24, 2.45) is 0 Å². The molecule has 0 aromatic carbocycles. The Labute approximate surface area is 121 Å². The van der Waals surface area contributed by atoms with Gasteiger partial charge in [0.05, 0.1) is 5.69 Å². The first-order valence-electron chi connectivity index (χ1n) is 7.52. The Morgan fingerprint density at radius 1 is 1.42 bits per heavy atom. The van der Waals surface area contributed by atoms with Crippen molar-refractivity contribution in [3.63, 3.8) is 0 Å². The number of nitrogens with zero attached hydrogens (tertiary/aromatic N) is 2. The molecule has 4 heteroatoms. The molecule has 19 heavy (non-hydrogen) atoms. The van der Waals surface area contributed by atoms with E-state index in [1.807, 2.05) is 0 Å². The number of aryl methyl sites for hydroxylation is 2. The lowest BCUT2D eigenvalue weighted by molar-refractivity contribution is 0.534. The molecule has 108 valence electrons. The molecule has 0 saturated carbocycles. The van der Waals surface area contributed by atoms with E-state index in [1.165, 1.54) is 42.0 Å². The highest BCUT2D eigenvalue weighted by molar-refractivity contribution is 7.99. The van der Waals surface area contributed by atoms with Gasteiger partial charge in [-0.3, -0.25) is 4.68 Å². The fraction of sp³-hybridized carbons (Fsp3) is 0.800. The van der Waals surface area contributed by atoms with Crippen LogP contribution in [0.15, 0.2) is 0 Å². The minimum atomic E-state index is 0.405. The third-order valence-electron chi connectivity index (χ3n) is 4.10. The van der Waals surface area contributed by atoms with Crippen LogP contribution in [-0.4, -0.2) is 27.3 Å². The van der Waals surface area contributed by atoms with E-state index < -0.39 is 0 Å². The number of hydrogen-bond acceptors (Lipinski definition) is 3. The van der Waals surface area contributed by atoms with E-state index in [9.17, 15) is 0 Å². The third-order valence-corrected chi connectivity index (χ3v) is 5.49. The topological polar surface area (TPSA) is 29.9 Å². The molecule has 1 aliphatic rings. The van der Waals surface area contributed by atoms with Crippen LogP contribution in [-0.2, 0) is 6.54 Å². The molecule has 0 radical (unpaired) electrons. The summed E-state index contributed by atoms with van der Waals surface area (Å²) in [4.78, 5) is 0. The van der Waals surface area contributed by atoms with Gasteiger partial charge in [-0.15, -0.1) is 0 Å². The summed E-state index contributed by atoms with van der Waals surface area (Å²) in [5.41, 5.74) is 3.88. The standard InChI is InChI=1S/C15H27N3S/c1-5-18-13(4)15(12(3)17-18)11(2)16-10-14-8-6-7-9-19-14/h11,14,16H,5-10H2,1-4H3. The summed E-state index contributed by atoms with van der Waals surface area (Å²) in [5.74, 6) is 1.34. The van der Waals surface area contributed by atoms with Gasteiger partial charge in [0.2, 0.25) is 0 Å². The number of aromatic nitrogens is 2. The summed E-state index contributed by atoms with van der Waals surface area (Å²) >= 11 is 2.14. The zero-order chi connectivity index (χ0) is 13.8. The van der Waals surface area contributed by atoms with E-state index in [0.717, 1.165) is 18.3 Å². The molecule has 0 spiro atoms. The Kier molecular flexibility index (Phi) is 5.34. The molecule has 1 fully saturated rings. The van der Waals surface area contributed by atoms with E-state index in [4.69, 9.17) is 0 Å². The van der Waals surface area contributed by atoms with Gasteiger partial charge < -0.3 is 5.32 Å². The van der Waals surface area contributed by atoms with Crippen LogP contribution in [0.25, 0.3) is 0 Å². The van der Waals surface area contributed by atoms with Crippen LogP contribution in [0.2, 0.25) is 0 Å². The maximum absolute atomic E-state index is 4.62. The van der Waals surface area contributed by atoms with Crippen LogP contribution in [0.4, 0.5) is 0 Å². The number of nitrogens with one attached hydrogen (secondary N) is 1. The van der Waals surface area contributed by atoms with Crippen LogP contribution in [0.5, 0.6) is 0 Å². The quantitative estimate of drug-likeness (QED) is 0.896. The largest absolute Gasteiger partial charge is 0.309 e. The van der Waals surface area contributed by atoms with Crippen molar-refractivity contribution >= 4 is 11.8 Å². The van der Waals surface area contributed by atoms with Gasteiger partial charge in [0.1, 0.15) is 0 Å². The first-order valence-corrected chi connectivity index (χ1v) is 8.57. The lowest BCUT2D eigenvalue weighted by Crippen LogP contribution is -2.29. The van der Waals surface area contributed by atoms with Crippen molar-refractivity contribution in [2.45, 2.75) is 64.8 Å².